The van der Waals surface area contributed by atoms with Crippen LogP contribution in [0.25, 0.3) is 11.1 Å². The number of carbonyl (C=O) groups excluding carboxylic acids is 1. The van der Waals surface area contributed by atoms with Crippen molar-refractivity contribution in [3.63, 3.8) is 0 Å². The zero-order valence-electron chi connectivity index (χ0n) is 11.0. The first-order chi connectivity index (χ1) is 9.01. The molecule has 2 aromatic rings. The number of hydrogen-bond acceptors (Lipinski definition) is 4. The average molecular weight is 263 g/mol. The first kappa shape index (κ1) is 13.4. The molecule has 0 radical (unpaired) electrons. The predicted molar refractivity (Wildman–Crippen MR) is 71.5 cm³/mol. The van der Waals surface area contributed by atoms with Crippen molar-refractivity contribution in [2.45, 2.75) is 13.5 Å². The zero-order chi connectivity index (χ0) is 14.0. The van der Waals surface area contributed by atoms with E-state index in [1.165, 1.54) is 0 Å². The number of carbonyl (C=O) groups is 1. The van der Waals surface area contributed by atoms with Crippen LogP contribution < -0.4 is 11.5 Å². The normalized spacial score (nSPS) is 12.6. The summed E-state index contributed by atoms with van der Waals surface area (Å²) in [6.07, 6.45) is 0. The van der Waals surface area contributed by atoms with Crippen molar-refractivity contribution in [1.82, 2.24) is 9.88 Å². The summed E-state index contributed by atoms with van der Waals surface area (Å²) in [6.45, 7) is 2.58. The van der Waals surface area contributed by atoms with Gasteiger partial charge in [0.15, 0.2) is 5.58 Å². The van der Waals surface area contributed by atoms with Gasteiger partial charge in [-0.15, -0.1) is 0 Å². The van der Waals surface area contributed by atoms with E-state index < -0.39 is 5.76 Å². The second-order valence-electron chi connectivity index (χ2n) is 4.68. The molecule has 0 fully saturated rings. The molecule has 0 aliphatic carbocycles. The van der Waals surface area contributed by atoms with Crippen molar-refractivity contribution >= 4 is 17.0 Å². The number of amides is 1. The molecule has 2 rings (SSSR count). The Hall–Kier alpha value is -2.08. The molecular weight excluding hydrogens is 246 g/mol. The summed E-state index contributed by atoms with van der Waals surface area (Å²) in [4.78, 5) is 27.2. The van der Waals surface area contributed by atoms with Gasteiger partial charge in [-0.3, -0.25) is 9.78 Å². The van der Waals surface area contributed by atoms with Gasteiger partial charge in [0.25, 0.3) is 0 Å². The summed E-state index contributed by atoms with van der Waals surface area (Å²) in [6, 6.07) is 5.37. The molecule has 0 aliphatic heterocycles. The topological polar surface area (TPSA) is 92.3 Å². The van der Waals surface area contributed by atoms with E-state index in [1.54, 1.807) is 31.0 Å². The number of fused-ring (bicyclic) bond motifs is 1. The summed E-state index contributed by atoms with van der Waals surface area (Å²) in [5, 5.41) is 0. The minimum absolute atomic E-state index is 0.00174. The highest BCUT2D eigenvalue weighted by molar-refractivity contribution is 5.78. The lowest BCUT2D eigenvalue weighted by atomic mass is 10.1. The Morgan fingerprint density at radius 1 is 1.53 bits per heavy atom. The highest BCUT2D eigenvalue weighted by atomic mass is 16.4. The maximum atomic E-state index is 11.9. The number of nitrogens with two attached hydrogens (primary N) is 1. The van der Waals surface area contributed by atoms with Gasteiger partial charge < -0.3 is 15.1 Å². The number of nitrogens with one attached hydrogen (secondary N) is 1. The SMILES string of the molecule is CC(CN)C(=O)N(C)Cc1ccc2[nH]c(=O)oc2c1. The van der Waals surface area contributed by atoms with Gasteiger partial charge >= 0.3 is 5.76 Å². The van der Waals surface area contributed by atoms with Crippen LogP contribution in [0.2, 0.25) is 0 Å². The first-order valence-electron chi connectivity index (χ1n) is 6.08. The molecule has 19 heavy (non-hydrogen) atoms. The summed E-state index contributed by atoms with van der Waals surface area (Å²) in [5.74, 6) is -0.676. The van der Waals surface area contributed by atoms with Gasteiger partial charge in [0.1, 0.15) is 0 Å². The fourth-order valence-corrected chi connectivity index (χ4v) is 1.92. The lowest BCUT2D eigenvalue weighted by molar-refractivity contribution is -0.133. The number of aromatic amines is 1. The molecule has 1 amide bonds. The Kier molecular flexibility index (Phi) is 3.71. The number of benzene rings is 1. The Labute approximate surface area is 110 Å². The summed E-state index contributed by atoms with van der Waals surface area (Å²) in [5.41, 5.74) is 7.52. The standard InChI is InChI=1S/C13H17N3O3/c1-8(6-14)12(17)16(2)7-9-3-4-10-11(5-9)19-13(18)15-10/h3-5,8H,6-7,14H2,1-2H3,(H,15,18). The van der Waals surface area contributed by atoms with Gasteiger partial charge in [-0.1, -0.05) is 13.0 Å². The second-order valence-corrected chi connectivity index (χ2v) is 4.68. The van der Waals surface area contributed by atoms with E-state index >= 15 is 0 Å². The molecule has 1 atom stereocenters. The van der Waals surface area contributed by atoms with Crippen LogP contribution in [0.1, 0.15) is 12.5 Å². The molecule has 6 nitrogen and oxygen atoms in total. The minimum atomic E-state index is -0.478. The lowest BCUT2D eigenvalue weighted by Gasteiger charge is -2.20. The molecule has 1 aromatic carbocycles. The molecule has 3 N–H and O–H groups in total. The zero-order valence-corrected chi connectivity index (χ0v) is 11.0. The number of hydrogen-bond donors (Lipinski definition) is 2. The van der Waals surface area contributed by atoms with Crippen LogP contribution in [0.5, 0.6) is 0 Å². The summed E-state index contributed by atoms with van der Waals surface area (Å²) in [7, 11) is 1.73. The molecule has 102 valence electrons. The van der Waals surface area contributed by atoms with Crippen LogP contribution in [0, 0.1) is 5.92 Å². The van der Waals surface area contributed by atoms with Gasteiger partial charge in [-0.2, -0.15) is 0 Å². The van der Waals surface area contributed by atoms with Gasteiger partial charge in [0.05, 0.1) is 5.52 Å². The molecule has 1 unspecified atom stereocenters. The predicted octanol–water partition coefficient (Wildman–Crippen LogP) is 0.674. The van der Waals surface area contributed by atoms with E-state index in [1.807, 2.05) is 6.07 Å². The lowest BCUT2D eigenvalue weighted by Crippen LogP contribution is -2.34. The van der Waals surface area contributed by atoms with E-state index in [4.69, 9.17) is 10.2 Å². The van der Waals surface area contributed by atoms with Crippen LogP contribution in [0.3, 0.4) is 0 Å². The molecule has 1 aromatic heterocycles. The third-order valence-corrected chi connectivity index (χ3v) is 3.06. The maximum Gasteiger partial charge on any atom is 0.417 e. The fourth-order valence-electron chi connectivity index (χ4n) is 1.92. The van der Waals surface area contributed by atoms with Crippen molar-refractivity contribution < 1.29 is 9.21 Å². The van der Waals surface area contributed by atoms with Crippen LogP contribution in [0.4, 0.5) is 0 Å². The van der Waals surface area contributed by atoms with E-state index in [0.717, 1.165) is 5.56 Å². The maximum absolute atomic E-state index is 11.9. The van der Waals surface area contributed by atoms with E-state index in [0.29, 0.717) is 24.2 Å². The van der Waals surface area contributed by atoms with Crippen molar-refractivity contribution in [2.75, 3.05) is 13.6 Å². The van der Waals surface area contributed by atoms with Crippen molar-refractivity contribution in [3.8, 4) is 0 Å². The van der Waals surface area contributed by atoms with Gasteiger partial charge in [0, 0.05) is 26.1 Å². The Bertz CT molecular complexity index is 644. The largest absolute Gasteiger partial charge is 0.417 e. The van der Waals surface area contributed by atoms with Crippen molar-refractivity contribution in [2.24, 2.45) is 11.7 Å². The summed E-state index contributed by atoms with van der Waals surface area (Å²) >= 11 is 0. The Morgan fingerprint density at radius 2 is 2.26 bits per heavy atom. The number of oxazole rings is 1. The van der Waals surface area contributed by atoms with Gasteiger partial charge in [0.2, 0.25) is 5.91 Å². The molecule has 6 heteroatoms. The van der Waals surface area contributed by atoms with Crippen LogP contribution in [-0.4, -0.2) is 29.4 Å². The van der Waals surface area contributed by atoms with Crippen LogP contribution in [0.15, 0.2) is 27.4 Å². The van der Waals surface area contributed by atoms with Crippen molar-refractivity contribution in [3.05, 3.63) is 34.3 Å². The second kappa shape index (κ2) is 5.27. The average Bonchev–Trinajstić information content (AvgIpc) is 2.76. The van der Waals surface area contributed by atoms with Gasteiger partial charge in [-0.05, 0) is 17.7 Å². The third-order valence-electron chi connectivity index (χ3n) is 3.06. The molecule has 0 saturated heterocycles. The van der Waals surface area contributed by atoms with E-state index in [9.17, 15) is 9.59 Å². The number of H-pyrrole nitrogens is 1. The van der Waals surface area contributed by atoms with Crippen molar-refractivity contribution in [1.29, 1.82) is 0 Å². The molecule has 0 spiro atoms. The Morgan fingerprint density at radius 3 is 2.95 bits per heavy atom. The molecule has 1 heterocycles. The smallest absolute Gasteiger partial charge is 0.408 e. The minimum Gasteiger partial charge on any atom is -0.408 e. The monoisotopic (exact) mass is 263 g/mol. The van der Waals surface area contributed by atoms with Crippen LogP contribution >= 0.6 is 0 Å². The Balaban J connectivity index is 2.16. The number of rotatable bonds is 4. The quantitative estimate of drug-likeness (QED) is 0.848. The third kappa shape index (κ3) is 2.85. The van der Waals surface area contributed by atoms with E-state index in [-0.39, 0.29) is 11.8 Å². The number of nitrogens with zero attached hydrogens (tertiary/aromatic N) is 1. The molecule has 0 bridgehead atoms. The highest BCUT2D eigenvalue weighted by Crippen LogP contribution is 2.14. The number of aromatic nitrogens is 1. The van der Waals surface area contributed by atoms with Crippen LogP contribution in [-0.2, 0) is 11.3 Å². The molecular formula is C13H17N3O3. The van der Waals surface area contributed by atoms with E-state index in [2.05, 4.69) is 4.98 Å². The molecule has 0 saturated carbocycles. The molecule has 0 aliphatic rings. The fraction of sp³-hybridized carbons (Fsp3) is 0.385. The first-order valence-corrected chi connectivity index (χ1v) is 6.08. The van der Waals surface area contributed by atoms with Gasteiger partial charge in [-0.25, -0.2) is 4.79 Å². The highest BCUT2D eigenvalue weighted by Gasteiger charge is 2.16. The summed E-state index contributed by atoms with van der Waals surface area (Å²) < 4.78 is 4.98.